The number of ether oxygens (including phenoxy) is 2. The predicted octanol–water partition coefficient (Wildman–Crippen LogP) is 2.83. The van der Waals surface area contributed by atoms with Crippen molar-refractivity contribution in [2.45, 2.75) is 12.8 Å². The van der Waals surface area contributed by atoms with Gasteiger partial charge in [0.2, 0.25) is 5.91 Å². The summed E-state index contributed by atoms with van der Waals surface area (Å²) < 4.78 is 10.5. The van der Waals surface area contributed by atoms with Crippen molar-refractivity contribution in [3.05, 3.63) is 28.8 Å². The maximum atomic E-state index is 12.4. The molecule has 0 aromatic heterocycles. The summed E-state index contributed by atoms with van der Waals surface area (Å²) in [4.78, 5) is 14.3. The molecule has 1 N–H and O–H groups in total. The molecule has 1 aromatic rings. The van der Waals surface area contributed by atoms with Crippen LogP contribution in [0.4, 0.5) is 0 Å². The summed E-state index contributed by atoms with van der Waals surface area (Å²) >= 11 is 6.19. The molecule has 2 rings (SSSR count). The van der Waals surface area contributed by atoms with Gasteiger partial charge in [0.15, 0.2) is 11.5 Å². The van der Waals surface area contributed by atoms with E-state index in [-0.39, 0.29) is 5.91 Å². The van der Waals surface area contributed by atoms with E-state index in [2.05, 4.69) is 5.32 Å². The van der Waals surface area contributed by atoms with Gasteiger partial charge in [0.05, 0.1) is 19.2 Å². The number of nitrogens with one attached hydrogen (secondary N) is 1. The molecule has 0 saturated carbocycles. The van der Waals surface area contributed by atoms with Gasteiger partial charge >= 0.3 is 0 Å². The molecule has 1 heterocycles. The molecule has 1 atom stereocenters. The Kier molecular flexibility index (Phi) is 6.94. The maximum absolute atomic E-state index is 12.4. The smallest absolute Gasteiger partial charge is 0.246 e. The number of likely N-dealkylation sites (tertiary alicyclic amines) is 1. The SMILES string of the molecule is CNCC1CCCN(C(=O)C=Cc2cc(Cl)c(OC)c(OC)c2)C1. The van der Waals surface area contributed by atoms with Gasteiger partial charge in [0, 0.05) is 19.2 Å². The first-order valence-corrected chi connectivity index (χ1v) is 8.50. The standard InChI is InChI=1S/C18H25ClN2O3/c1-20-11-14-5-4-8-21(12-14)17(22)7-6-13-9-15(19)18(24-3)16(10-13)23-2/h6-7,9-10,14,20H,4-5,8,11-12H2,1-3H3. The van der Waals surface area contributed by atoms with Crippen molar-refractivity contribution >= 4 is 23.6 Å². The van der Waals surface area contributed by atoms with Gasteiger partial charge in [0.1, 0.15) is 0 Å². The maximum Gasteiger partial charge on any atom is 0.246 e. The lowest BCUT2D eigenvalue weighted by Gasteiger charge is -2.32. The van der Waals surface area contributed by atoms with Crippen LogP contribution >= 0.6 is 11.6 Å². The lowest BCUT2D eigenvalue weighted by atomic mass is 9.98. The van der Waals surface area contributed by atoms with Gasteiger partial charge < -0.3 is 19.7 Å². The molecule has 1 aromatic carbocycles. The Hall–Kier alpha value is -1.72. The Morgan fingerprint density at radius 2 is 2.21 bits per heavy atom. The van der Waals surface area contributed by atoms with Crippen LogP contribution in [0, 0.1) is 5.92 Å². The monoisotopic (exact) mass is 352 g/mol. The first-order valence-electron chi connectivity index (χ1n) is 8.12. The zero-order valence-corrected chi connectivity index (χ0v) is 15.2. The van der Waals surface area contributed by atoms with Crippen molar-refractivity contribution < 1.29 is 14.3 Å². The summed E-state index contributed by atoms with van der Waals surface area (Å²) in [6.07, 6.45) is 5.57. The van der Waals surface area contributed by atoms with Gasteiger partial charge in [-0.2, -0.15) is 0 Å². The molecule has 1 unspecified atom stereocenters. The van der Waals surface area contributed by atoms with Crippen molar-refractivity contribution in [2.75, 3.05) is 40.9 Å². The van der Waals surface area contributed by atoms with E-state index in [1.165, 1.54) is 6.42 Å². The second-order valence-corrected chi connectivity index (χ2v) is 6.33. The quantitative estimate of drug-likeness (QED) is 0.800. The van der Waals surface area contributed by atoms with Gasteiger partial charge in [-0.3, -0.25) is 4.79 Å². The summed E-state index contributed by atoms with van der Waals surface area (Å²) in [5.41, 5.74) is 0.801. The van der Waals surface area contributed by atoms with E-state index in [1.807, 2.05) is 11.9 Å². The molecule has 6 heteroatoms. The number of carbonyl (C=O) groups excluding carboxylic acids is 1. The van der Waals surface area contributed by atoms with Crippen LogP contribution in [0.3, 0.4) is 0 Å². The fourth-order valence-electron chi connectivity index (χ4n) is 3.03. The molecule has 0 bridgehead atoms. The highest BCUT2D eigenvalue weighted by molar-refractivity contribution is 6.32. The van der Waals surface area contributed by atoms with E-state index < -0.39 is 0 Å². The van der Waals surface area contributed by atoms with Gasteiger partial charge in [-0.25, -0.2) is 0 Å². The Morgan fingerprint density at radius 3 is 2.88 bits per heavy atom. The number of hydrogen-bond acceptors (Lipinski definition) is 4. The van der Waals surface area contributed by atoms with E-state index in [9.17, 15) is 4.79 Å². The molecule has 0 radical (unpaired) electrons. The molecule has 1 fully saturated rings. The molecular formula is C18H25ClN2O3. The van der Waals surface area contributed by atoms with E-state index in [0.717, 1.165) is 31.6 Å². The number of piperidine rings is 1. The van der Waals surface area contributed by atoms with Crippen LogP contribution in [0.2, 0.25) is 5.02 Å². The van der Waals surface area contributed by atoms with E-state index in [4.69, 9.17) is 21.1 Å². The first-order chi connectivity index (χ1) is 11.6. The lowest BCUT2D eigenvalue weighted by molar-refractivity contribution is -0.127. The van der Waals surface area contributed by atoms with Crippen LogP contribution < -0.4 is 14.8 Å². The van der Waals surface area contributed by atoms with E-state index in [1.54, 1.807) is 38.5 Å². The van der Waals surface area contributed by atoms with Crippen molar-refractivity contribution in [2.24, 2.45) is 5.92 Å². The summed E-state index contributed by atoms with van der Waals surface area (Å²) in [5.74, 6) is 1.59. The fourth-order valence-corrected chi connectivity index (χ4v) is 3.32. The minimum atomic E-state index is 0.0294. The van der Waals surface area contributed by atoms with Gasteiger partial charge in [-0.1, -0.05) is 11.6 Å². The second kappa shape index (κ2) is 8.94. The molecule has 24 heavy (non-hydrogen) atoms. The topological polar surface area (TPSA) is 50.8 Å². The van der Waals surface area contributed by atoms with Crippen LogP contribution in [0.1, 0.15) is 18.4 Å². The molecule has 5 nitrogen and oxygen atoms in total. The number of nitrogens with zero attached hydrogens (tertiary/aromatic N) is 1. The predicted molar refractivity (Wildman–Crippen MR) is 96.8 cm³/mol. The summed E-state index contributed by atoms with van der Waals surface area (Å²) in [7, 11) is 5.05. The van der Waals surface area contributed by atoms with Crippen molar-refractivity contribution in [1.29, 1.82) is 0 Å². The Balaban J connectivity index is 2.07. The molecular weight excluding hydrogens is 328 g/mol. The minimum absolute atomic E-state index is 0.0294. The zero-order valence-electron chi connectivity index (χ0n) is 14.5. The Labute approximate surface area is 148 Å². The number of carbonyl (C=O) groups is 1. The van der Waals surface area contributed by atoms with Crippen molar-refractivity contribution in [1.82, 2.24) is 10.2 Å². The third-order valence-corrected chi connectivity index (χ3v) is 4.48. The lowest BCUT2D eigenvalue weighted by Crippen LogP contribution is -2.41. The Bertz CT molecular complexity index is 602. The van der Waals surface area contributed by atoms with Crippen LogP contribution in [-0.2, 0) is 4.79 Å². The number of amides is 1. The van der Waals surface area contributed by atoms with Crippen LogP contribution in [0.5, 0.6) is 11.5 Å². The second-order valence-electron chi connectivity index (χ2n) is 5.92. The van der Waals surface area contributed by atoms with Gasteiger partial charge in [-0.15, -0.1) is 0 Å². The summed E-state index contributed by atoms with van der Waals surface area (Å²) in [6.45, 7) is 2.56. The highest BCUT2D eigenvalue weighted by atomic mass is 35.5. The third kappa shape index (κ3) is 4.65. The van der Waals surface area contributed by atoms with Gasteiger partial charge in [-0.05, 0) is 56.1 Å². The molecule has 1 amide bonds. The molecule has 0 spiro atoms. The normalized spacial score (nSPS) is 18.0. The molecule has 132 valence electrons. The Morgan fingerprint density at radius 1 is 1.42 bits per heavy atom. The largest absolute Gasteiger partial charge is 0.493 e. The average Bonchev–Trinajstić information content (AvgIpc) is 2.59. The summed E-state index contributed by atoms with van der Waals surface area (Å²) in [6, 6.07) is 3.56. The molecule has 1 saturated heterocycles. The molecule has 1 aliphatic heterocycles. The van der Waals surface area contributed by atoms with Crippen LogP contribution in [0.25, 0.3) is 6.08 Å². The first kappa shape index (κ1) is 18.6. The highest BCUT2D eigenvalue weighted by Gasteiger charge is 2.21. The number of methoxy groups -OCH3 is 2. The fraction of sp³-hybridized carbons (Fsp3) is 0.500. The number of benzene rings is 1. The highest BCUT2D eigenvalue weighted by Crippen LogP contribution is 2.36. The zero-order chi connectivity index (χ0) is 17.5. The van der Waals surface area contributed by atoms with Gasteiger partial charge in [0.25, 0.3) is 0 Å². The van der Waals surface area contributed by atoms with Crippen LogP contribution in [0.15, 0.2) is 18.2 Å². The number of halogens is 1. The summed E-state index contributed by atoms with van der Waals surface area (Å²) in [5, 5.41) is 3.64. The third-order valence-electron chi connectivity index (χ3n) is 4.20. The van der Waals surface area contributed by atoms with Crippen molar-refractivity contribution in [3.8, 4) is 11.5 Å². The minimum Gasteiger partial charge on any atom is -0.493 e. The van der Waals surface area contributed by atoms with E-state index in [0.29, 0.717) is 22.4 Å². The van der Waals surface area contributed by atoms with E-state index >= 15 is 0 Å². The average molecular weight is 353 g/mol. The molecule has 0 aliphatic carbocycles. The molecule has 1 aliphatic rings. The number of hydrogen-bond donors (Lipinski definition) is 1. The number of rotatable bonds is 6. The van der Waals surface area contributed by atoms with Crippen LogP contribution in [-0.4, -0.2) is 51.7 Å². The van der Waals surface area contributed by atoms with Crippen molar-refractivity contribution in [3.63, 3.8) is 0 Å².